The molecule has 1 saturated carbocycles. The number of amides is 1. The maximum Gasteiger partial charge on any atom is 0.307 e. The van der Waals surface area contributed by atoms with E-state index in [1.54, 1.807) is 0 Å². The SMILES string of the molecule is CC(NC(=O)[C@H]1C2C=CC(C2)[C@H]1C(=O)O)C1CCCO1. The van der Waals surface area contributed by atoms with E-state index in [0.29, 0.717) is 0 Å². The van der Waals surface area contributed by atoms with Gasteiger partial charge in [0.15, 0.2) is 0 Å². The van der Waals surface area contributed by atoms with Crippen LogP contribution in [0.4, 0.5) is 0 Å². The molecule has 1 aliphatic heterocycles. The number of carboxylic acid groups (broad SMARTS) is 1. The Hall–Kier alpha value is -1.36. The molecule has 5 nitrogen and oxygen atoms in total. The molecular weight excluding hydrogens is 258 g/mol. The molecule has 2 bridgehead atoms. The standard InChI is InChI=1S/C15H21NO4/c1-8(11-3-2-6-20-11)16-14(17)12-9-4-5-10(7-9)13(12)15(18)19/h4-5,8-13H,2-3,6-7H2,1H3,(H,16,17)(H,18,19)/t8?,9?,10?,11?,12-,13+/m0/s1. The fourth-order valence-corrected chi connectivity index (χ4v) is 3.93. The second-order valence-electron chi connectivity index (χ2n) is 6.19. The molecule has 1 amide bonds. The third-order valence-corrected chi connectivity index (χ3v) is 4.94. The van der Waals surface area contributed by atoms with Crippen LogP contribution in [-0.2, 0) is 14.3 Å². The average Bonchev–Trinajstić information content (AvgIpc) is 3.13. The van der Waals surface area contributed by atoms with Crippen LogP contribution in [0.15, 0.2) is 12.2 Å². The third-order valence-electron chi connectivity index (χ3n) is 4.94. The zero-order valence-corrected chi connectivity index (χ0v) is 11.6. The minimum Gasteiger partial charge on any atom is -0.481 e. The summed E-state index contributed by atoms with van der Waals surface area (Å²) >= 11 is 0. The highest BCUT2D eigenvalue weighted by molar-refractivity contribution is 5.87. The molecule has 4 unspecified atom stereocenters. The molecule has 3 rings (SSSR count). The number of fused-ring (bicyclic) bond motifs is 2. The molecule has 1 saturated heterocycles. The lowest BCUT2D eigenvalue weighted by Gasteiger charge is -2.27. The summed E-state index contributed by atoms with van der Waals surface area (Å²) in [6, 6.07) is -0.0532. The van der Waals surface area contributed by atoms with Crippen LogP contribution in [-0.4, -0.2) is 35.7 Å². The summed E-state index contributed by atoms with van der Waals surface area (Å²) in [6.45, 7) is 2.69. The van der Waals surface area contributed by atoms with E-state index < -0.39 is 17.8 Å². The molecule has 2 aliphatic carbocycles. The monoisotopic (exact) mass is 279 g/mol. The molecule has 3 aliphatic rings. The largest absolute Gasteiger partial charge is 0.481 e. The number of carbonyl (C=O) groups excluding carboxylic acids is 1. The molecule has 6 atom stereocenters. The predicted molar refractivity (Wildman–Crippen MR) is 71.9 cm³/mol. The van der Waals surface area contributed by atoms with Gasteiger partial charge in [-0.05, 0) is 38.0 Å². The van der Waals surface area contributed by atoms with Crippen LogP contribution in [0.5, 0.6) is 0 Å². The van der Waals surface area contributed by atoms with Gasteiger partial charge >= 0.3 is 5.97 Å². The van der Waals surface area contributed by atoms with E-state index in [4.69, 9.17) is 4.74 Å². The molecule has 1 heterocycles. The molecular formula is C15H21NO4. The summed E-state index contributed by atoms with van der Waals surface area (Å²) in [4.78, 5) is 23.9. The van der Waals surface area contributed by atoms with Gasteiger partial charge < -0.3 is 15.2 Å². The Labute approximate surface area is 118 Å². The van der Waals surface area contributed by atoms with Crippen LogP contribution in [0.3, 0.4) is 0 Å². The molecule has 0 spiro atoms. The zero-order chi connectivity index (χ0) is 14.3. The number of ether oxygens (including phenoxy) is 1. The minimum absolute atomic E-state index is 0.0197. The Bertz CT molecular complexity index is 441. The molecule has 0 aromatic heterocycles. The van der Waals surface area contributed by atoms with E-state index in [0.717, 1.165) is 25.9 Å². The van der Waals surface area contributed by atoms with Crippen LogP contribution in [0.25, 0.3) is 0 Å². The first kappa shape index (κ1) is 13.6. The van der Waals surface area contributed by atoms with E-state index in [1.165, 1.54) is 0 Å². The van der Waals surface area contributed by atoms with Crippen molar-refractivity contribution in [2.24, 2.45) is 23.7 Å². The van der Waals surface area contributed by atoms with Gasteiger partial charge in [-0.25, -0.2) is 0 Å². The number of rotatable bonds is 4. The van der Waals surface area contributed by atoms with Gasteiger partial charge in [-0.15, -0.1) is 0 Å². The lowest BCUT2D eigenvalue weighted by molar-refractivity contribution is -0.148. The Balaban J connectivity index is 1.67. The topological polar surface area (TPSA) is 75.6 Å². The van der Waals surface area contributed by atoms with Crippen molar-refractivity contribution in [3.8, 4) is 0 Å². The smallest absolute Gasteiger partial charge is 0.307 e. The van der Waals surface area contributed by atoms with Gasteiger partial charge in [0, 0.05) is 6.61 Å². The summed E-state index contributed by atoms with van der Waals surface area (Å²) in [6.07, 6.45) is 6.81. The first-order valence-electron chi connectivity index (χ1n) is 7.41. The fourth-order valence-electron chi connectivity index (χ4n) is 3.93. The molecule has 0 radical (unpaired) electrons. The number of allylic oxidation sites excluding steroid dienone is 2. The second kappa shape index (κ2) is 5.20. The van der Waals surface area contributed by atoms with Crippen molar-refractivity contribution in [3.63, 3.8) is 0 Å². The Morgan fingerprint density at radius 3 is 2.60 bits per heavy atom. The van der Waals surface area contributed by atoms with Crippen molar-refractivity contribution in [1.82, 2.24) is 5.32 Å². The van der Waals surface area contributed by atoms with Crippen molar-refractivity contribution in [2.75, 3.05) is 6.61 Å². The molecule has 110 valence electrons. The fraction of sp³-hybridized carbons (Fsp3) is 0.733. The van der Waals surface area contributed by atoms with Crippen LogP contribution in [0.2, 0.25) is 0 Å². The van der Waals surface area contributed by atoms with Gasteiger partial charge in [-0.1, -0.05) is 12.2 Å². The summed E-state index contributed by atoms with van der Waals surface area (Å²) in [5.74, 6) is -1.87. The Kier molecular flexibility index (Phi) is 3.54. The number of nitrogens with one attached hydrogen (secondary N) is 1. The van der Waals surface area contributed by atoms with Crippen molar-refractivity contribution >= 4 is 11.9 Å². The molecule has 2 fully saturated rings. The first-order chi connectivity index (χ1) is 9.58. The average molecular weight is 279 g/mol. The van der Waals surface area contributed by atoms with Gasteiger partial charge in [0.2, 0.25) is 5.91 Å². The van der Waals surface area contributed by atoms with Crippen LogP contribution >= 0.6 is 0 Å². The molecule has 5 heteroatoms. The van der Waals surface area contributed by atoms with Gasteiger partial charge in [-0.3, -0.25) is 9.59 Å². The van der Waals surface area contributed by atoms with E-state index in [9.17, 15) is 14.7 Å². The maximum absolute atomic E-state index is 12.5. The lowest BCUT2D eigenvalue weighted by atomic mass is 9.82. The second-order valence-corrected chi connectivity index (χ2v) is 6.19. The van der Waals surface area contributed by atoms with Crippen molar-refractivity contribution in [3.05, 3.63) is 12.2 Å². The van der Waals surface area contributed by atoms with E-state index in [-0.39, 0.29) is 29.9 Å². The maximum atomic E-state index is 12.5. The van der Waals surface area contributed by atoms with Crippen LogP contribution < -0.4 is 5.32 Å². The number of carboxylic acids is 1. The van der Waals surface area contributed by atoms with E-state index in [2.05, 4.69) is 5.32 Å². The predicted octanol–water partition coefficient (Wildman–Crippen LogP) is 1.19. The summed E-state index contributed by atoms with van der Waals surface area (Å²) in [7, 11) is 0. The quantitative estimate of drug-likeness (QED) is 0.758. The number of carbonyl (C=O) groups is 2. The van der Waals surface area contributed by atoms with Gasteiger partial charge in [0.05, 0.1) is 24.0 Å². The van der Waals surface area contributed by atoms with Gasteiger partial charge in [-0.2, -0.15) is 0 Å². The molecule has 0 aromatic carbocycles. The Morgan fingerprint density at radius 1 is 1.30 bits per heavy atom. The minimum atomic E-state index is -0.855. The third kappa shape index (κ3) is 2.24. The summed E-state index contributed by atoms with van der Waals surface area (Å²) < 4.78 is 5.57. The van der Waals surface area contributed by atoms with Crippen LogP contribution in [0.1, 0.15) is 26.2 Å². The number of hydrogen-bond donors (Lipinski definition) is 2. The normalized spacial score (nSPS) is 40.0. The van der Waals surface area contributed by atoms with E-state index in [1.807, 2.05) is 19.1 Å². The number of aliphatic carboxylic acids is 1. The highest BCUT2D eigenvalue weighted by Gasteiger charge is 2.51. The molecule has 2 N–H and O–H groups in total. The number of hydrogen-bond acceptors (Lipinski definition) is 3. The Morgan fingerprint density at radius 2 is 2.00 bits per heavy atom. The zero-order valence-electron chi connectivity index (χ0n) is 11.6. The first-order valence-corrected chi connectivity index (χ1v) is 7.41. The van der Waals surface area contributed by atoms with Crippen LogP contribution in [0, 0.1) is 23.7 Å². The van der Waals surface area contributed by atoms with Crippen molar-refractivity contribution < 1.29 is 19.4 Å². The van der Waals surface area contributed by atoms with Gasteiger partial charge in [0.1, 0.15) is 0 Å². The van der Waals surface area contributed by atoms with Crippen molar-refractivity contribution in [1.29, 1.82) is 0 Å². The summed E-state index contributed by atoms with van der Waals surface area (Å²) in [5.41, 5.74) is 0. The summed E-state index contributed by atoms with van der Waals surface area (Å²) in [5, 5.41) is 12.3. The molecule has 20 heavy (non-hydrogen) atoms. The lowest BCUT2D eigenvalue weighted by Crippen LogP contribution is -2.47. The highest BCUT2D eigenvalue weighted by atomic mass is 16.5. The molecule has 0 aromatic rings. The van der Waals surface area contributed by atoms with Crippen molar-refractivity contribution in [2.45, 2.75) is 38.3 Å². The van der Waals surface area contributed by atoms with E-state index >= 15 is 0 Å². The van der Waals surface area contributed by atoms with Gasteiger partial charge in [0.25, 0.3) is 0 Å². The highest BCUT2D eigenvalue weighted by Crippen LogP contribution is 2.48.